The van der Waals surface area contributed by atoms with Gasteiger partial charge in [-0.2, -0.15) is 13.2 Å². The van der Waals surface area contributed by atoms with Crippen molar-refractivity contribution in [3.8, 4) is 0 Å². The Hall–Kier alpha value is -2.55. The van der Waals surface area contributed by atoms with E-state index in [1.54, 1.807) is 0 Å². The van der Waals surface area contributed by atoms with Crippen LogP contribution in [0.15, 0.2) is 30.3 Å². The molecule has 6 nitrogen and oxygen atoms in total. The molecule has 0 atom stereocenters. The summed E-state index contributed by atoms with van der Waals surface area (Å²) in [4.78, 5) is 11.0. The van der Waals surface area contributed by atoms with E-state index in [1.807, 2.05) is 0 Å². The van der Waals surface area contributed by atoms with E-state index in [9.17, 15) is 18.0 Å². The maximum Gasteiger partial charge on any atom is 0.416 e. The number of benzene rings is 1. The minimum atomic E-state index is -4.49. The second-order valence-corrected chi connectivity index (χ2v) is 4.64. The van der Waals surface area contributed by atoms with Crippen LogP contribution in [0.4, 0.5) is 35.3 Å². The highest BCUT2D eigenvalue weighted by atomic mass is 35.5. The van der Waals surface area contributed by atoms with E-state index >= 15 is 0 Å². The van der Waals surface area contributed by atoms with Gasteiger partial charge in [-0.15, -0.1) is 10.2 Å². The quantitative estimate of drug-likeness (QED) is 0.876. The standard InChI is InChI=1S/C13H10ClF3N4O2/c1-23-12(22)19-11-5-4-10(20-21-11)18-9-6-7(13(15,16)17)2-3-8(9)14/h2-6H,1H3,(H,18,20)(H,19,21,22). The first-order valence-corrected chi connectivity index (χ1v) is 6.50. The summed E-state index contributed by atoms with van der Waals surface area (Å²) in [5, 5.41) is 12.4. The highest BCUT2D eigenvalue weighted by molar-refractivity contribution is 6.33. The lowest BCUT2D eigenvalue weighted by molar-refractivity contribution is -0.137. The van der Waals surface area contributed by atoms with Gasteiger partial charge in [-0.05, 0) is 30.3 Å². The SMILES string of the molecule is COC(=O)Nc1ccc(Nc2cc(C(F)(F)F)ccc2Cl)nn1. The van der Waals surface area contributed by atoms with E-state index in [0.29, 0.717) is 0 Å². The molecule has 2 aromatic rings. The van der Waals surface area contributed by atoms with Crippen molar-refractivity contribution >= 4 is 35.0 Å². The van der Waals surface area contributed by atoms with Gasteiger partial charge in [0.1, 0.15) is 0 Å². The van der Waals surface area contributed by atoms with E-state index in [0.717, 1.165) is 18.2 Å². The molecule has 0 radical (unpaired) electrons. The van der Waals surface area contributed by atoms with Crippen LogP contribution in [0, 0.1) is 0 Å². The zero-order chi connectivity index (χ0) is 17.0. The molecule has 0 bridgehead atoms. The third-order valence-electron chi connectivity index (χ3n) is 2.64. The fraction of sp³-hybridized carbons (Fsp3) is 0.154. The van der Waals surface area contributed by atoms with E-state index < -0.39 is 17.8 Å². The number of nitrogens with zero attached hydrogens (tertiary/aromatic N) is 2. The van der Waals surface area contributed by atoms with Crippen LogP contribution in [0.5, 0.6) is 0 Å². The number of anilines is 3. The van der Waals surface area contributed by atoms with Gasteiger partial charge in [-0.25, -0.2) is 4.79 Å². The number of aromatic nitrogens is 2. The molecule has 0 saturated carbocycles. The van der Waals surface area contributed by atoms with Gasteiger partial charge in [0.25, 0.3) is 0 Å². The van der Waals surface area contributed by atoms with Gasteiger partial charge in [0, 0.05) is 0 Å². The van der Waals surface area contributed by atoms with Crippen molar-refractivity contribution in [2.75, 3.05) is 17.7 Å². The largest absolute Gasteiger partial charge is 0.453 e. The molecule has 1 aromatic heterocycles. The molecule has 0 aliphatic carbocycles. The molecule has 0 saturated heterocycles. The molecule has 0 spiro atoms. The molecule has 2 rings (SSSR count). The molecule has 1 amide bonds. The molecular formula is C13H10ClF3N4O2. The van der Waals surface area contributed by atoms with E-state index in [-0.39, 0.29) is 22.3 Å². The summed E-state index contributed by atoms with van der Waals surface area (Å²) in [5.74, 6) is 0.277. The fourth-order valence-electron chi connectivity index (χ4n) is 1.56. The zero-order valence-corrected chi connectivity index (χ0v) is 12.4. The first-order chi connectivity index (χ1) is 10.8. The highest BCUT2D eigenvalue weighted by Crippen LogP contribution is 2.34. The Morgan fingerprint density at radius 1 is 1.17 bits per heavy atom. The van der Waals surface area contributed by atoms with Crippen molar-refractivity contribution in [2.24, 2.45) is 0 Å². The predicted molar refractivity (Wildman–Crippen MR) is 77.8 cm³/mol. The number of nitrogens with one attached hydrogen (secondary N) is 2. The molecule has 0 aliphatic rings. The van der Waals surface area contributed by atoms with Crippen LogP contribution in [-0.2, 0) is 10.9 Å². The number of amides is 1. The number of carbonyl (C=O) groups is 1. The van der Waals surface area contributed by atoms with Crippen molar-refractivity contribution in [3.05, 3.63) is 40.9 Å². The average molecular weight is 347 g/mol. The van der Waals surface area contributed by atoms with Crippen LogP contribution in [0.25, 0.3) is 0 Å². The lowest BCUT2D eigenvalue weighted by atomic mass is 10.2. The lowest BCUT2D eigenvalue weighted by Crippen LogP contribution is -2.12. The summed E-state index contributed by atoms with van der Waals surface area (Å²) >= 11 is 5.86. The molecule has 0 fully saturated rings. The summed E-state index contributed by atoms with van der Waals surface area (Å²) < 4.78 is 42.5. The van der Waals surface area contributed by atoms with Crippen LogP contribution in [0.3, 0.4) is 0 Å². The van der Waals surface area contributed by atoms with Gasteiger partial charge < -0.3 is 10.1 Å². The molecular weight excluding hydrogens is 337 g/mol. The van der Waals surface area contributed by atoms with Gasteiger partial charge in [0.2, 0.25) is 0 Å². The second kappa shape index (κ2) is 6.69. The third kappa shape index (κ3) is 4.46. The minimum Gasteiger partial charge on any atom is -0.453 e. The van der Waals surface area contributed by atoms with Crippen molar-refractivity contribution in [1.82, 2.24) is 10.2 Å². The van der Waals surface area contributed by atoms with Crippen LogP contribution in [0.2, 0.25) is 5.02 Å². The van der Waals surface area contributed by atoms with Crippen molar-refractivity contribution in [2.45, 2.75) is 6.18 Å². The normalized spacial score (nSPS) is 11.0. The molecule has 2 N–H and O–H groups in total. The number of ether oxygens (including phenoxy) is 1. The summed E-state index contributed by atoms with van der Waals surface area (Å²) in [6, 6.07) is 5.68. The monoisotopic (exact) mass is 346 g/mol. The summed E-state index contributed by atoms with van der Waals surface area (Å²) in [5.41, 5.74) is -0.814. The predicted octanol–water partition coefficient (Wildman–Crippen LogP) is 4.07. The molecule has 0 aliphatic heterocycles. The first-order valence-electron chi connectivity index (χ1n) is 6.12. The molecule has 1 heterocycles. The Balaban J connectivity index is 2.17. The highest BCUT2D eigenvalue weighted by Gasteiger charge is 2.31. The maximum atomic E-state index is 12.7. The number of methoxy groups -OCH3 is 1. The Kier molecular flexibility index (Phi) is 4.89. The number of carbonyl (C=O) groups excluding carboxylic acids is 1. The number of rotatable bonds is 3. The Morgan fingerprint density at radius 3 is 2.39 bits per heavy atom. The van der Waals surface area contributed by atoms with Crippen LogP contribution >= 0.6 is 11.6 Å². The van der Waals surface area contributed by atoms with Crippen LogP contribution in [-0.4, -0.2) is 23.4 Å². The van der Waals surface area contributed by atoms with E-state index in [1.165, 1.54) is 19.2 Å². The molecule has 10 heteroatoms. The van der Waals surface area contributed by atoms with Crippen molar-refractivity contribution in [1.29, 1.82) is 0 Å². The summed E-state index contributed by atoms with van der Waals surface area (Å²) in [6.07, 6.45) is -5.21. The number of alkyl halides is 3. The van der Waals surface area contributed by atoms with Gasteiger partial charge in [-0.1, -0.05) is 11.6 Å². The van der Waals surface area contributed by atoms with Crippen LogP contribution < -0.4 is 10.6 Å². The lowest BCUT2D eigenvalue weighted by Gasteiger charge is -2.12. The third-order valence-corrected chi connectivity index (χ3v) is 2.97. The van der Waals surface area contributed by atoms with Gasteiger partial charge in [0.15, 0.2) is 11.6 Å². The summed E-state index contributed by atoms with van der Waals surface area (Å²) in [6.45, 7) is 0. The minimum absolute atomic E-state index is 0.0319. The zero-order valence-electron chi connectivity index (χ0n) is 11.6. The van der Waals surface area contributed by atoms with Gasteiger partial charge >= 0.3 is 12.3 Å². The Labute approximate surface area is 133 Å². The summed E-state index contributed by atoms with van der Waals surface area (Å²) in [7, 11) is 1.19. The topological polar surface area (TPSA) is 76.1 Å². The maximum absolute atomic E-state index is 12.7. The van der Waals surface area contributed by atoms with E-state index in [4.69, 9.17) is 11.6 Å². The Morgan fingerprint density at radius 2 is 1.83 bits per heavy atom. The number of hydrogen-bond acceptors (Lipinski definition) is 5. The van der Waals surface area contributed by atoms with E-state index in [2.05, 4.69) is 25.6 Å². The molecule has 122 valence electrons. The first kappa shape index (κ1) is 16.8. The van der Waals surface area contributed by atoms with Crippen molar-refractivity contribution < 1.29 is 22.7 Å². The number of hydrogen-bond donors (Lipinski definition) is 2. The van der Waals surface area contributed by atoms with Crippen LogP contribution in [0.1, 0.15) is 5.56 Å². The molecule has 1 aromatic carbocycles. The van der Waals surface area contributed by atoms with Gasteiger partial charge in [0.05, 0.1) is 23.4 Å². The smallest absolute Gasteiger partial charge is 0.416 e. The average Bonchev–Trinajstić information content (AvgIpc) is 2.50. The number of halogens is 4. The molecule has 0 unspecified atom stereocenters. The van der Waals surface area contributed by atoms with Crippen molar-refractivity contribution in [3.63, 3.8) is 0 Å². The van der Waals surface area contributed by atoms with Gasteiger partial charge in [-0.3, -0.25) is 5.32 Å². The molecule has 23 heavy (non-hydrogen) atoms. The second-order valence-electron chi connectivity index (χ2n) is 4.24. The Bertz CT molecular complexity index is 707. The fourth-order valence-corrected chi connectivity index (χ4v) is 1.72.